The smallest absolute Gasteiger partial charge is 0.123 e. The monoisotopic (exact) mass is 275 g/mol. The molecule has 0 bridgehead atoms. The average Bonchev–Trinajstić information content (AvgIpc) is 2.77. The Morgan fingerprint density at radius 1 is 1.40 bits per heavy atom. The highest BCUT2D eigenvalue weighted by molar-refractivity contribution is 5.40. The number of benzene rings is 1. The highest BCUT2D eigenvalue weighted by Gasteiger charge is 2.34. The second-order valence-electron chi connectivity index (χ2n) is 6.85. The maximum absolute atomic E-state index is 6.16. The maximum Gasteiger partial charge on any atom is 0.123 e. The van der Waals surface area contributed by atoms with Crippen LogP contribution in [-0.2, 0) is 6.42 Å². The van der Waals surface area contributed by atoms with Gasteiger partial charge in [0.15, 0.2) is 0 Å². The van der Waals surface area contributed by atoms with Gasteiger partial charge in [0.2, 0.25) is 0 Å². The summed E-state index contributed by atoms with van der Waals surface area (Å²) in [5.41, 5.74) is 2.99. The van der Waals surface area contributed by atoms with Gasteiger partial charge in [0, 0.05) is 13.0 Å². The summed E-state index contributed by atoms with van der Waals surface area (Å²) in [5.74, 6) is 1.74. The normalized spacial score (nSPS) is 20.6. The van der Waals surface area contributed by atoms with E-state index >= 15 is 0 Å². The van der Waals surface area contributed by atoms with E-state index in [4.69, 9.17) is 4.74 Å². The van der Waals surface area contributed by atoms with Crippen molar-refractivity contribution in [1.82, 2.24) is 5.32 Å². The van der Waals surface area contributed by atoms with Crippen molar-refractivity contribution in [1.29, 1.82) is 0 Å². The zero-order valence-corrected chi connectivity index (χ0v) is 13.6. The van der Waals surface area contributed by atoms with Gasteiger partial charge in [0.05, 0.1) is 0 Å². The molecule has 0 saturated heterocycles. The Bertz CT molecular complexity index is 455. The first-order chi connectivity index (χ1) is 9.44. The molecule has 0 fully saturated rings. The molecule has 20 heavy (non-hydrogen) atoms. The van der Waals surface area contributed by atoms with Gasteiger partial charge in [-0.1, -0.05) is 45.4 Å². The Morgan fingerprint density at radius 2 is 2.15 bits per heavy atom. The lowest BCUT2D eigenvalue weighted by atomic mass is 9.74. The van der Waals surface area contributed by atoms with Gasteiger partial charge in [-0.15, -0.1) is 0 Å². The molecule has 0 saturated carbocycles. The summed E-state index contributed by atoms with van der Waals surface area (Å²) in [6, 6.07) is 6.54. The summed E-state index contributed by atoms with van der Waals surface area (Å²) in [5, 5.41) is 3.52. The third-order valence-corrected chi connectivity index (χ3v) is 4.82. The van der Waals surface area contributed by atoms with Crippen LogP contribution < -0.4 is 10.1 Å². The summed E-state index contributed by atoms with van der Waals surface area (Å²) in [6.45, 7) is 13.5. The lowest BCUT2D eigenvalue weighted by molar-refractivity contribution is 0.106. The van der Waals surface area contributed by atoms with Crippen molar-refractivity contribution in [2.75, 3.05) is 13.1 Å². The van der Waals surface area contributed by atoms with Crippen molar-refractivity contribution in [2.24, 2.45) is 11.3 Å². The lowest BCUT2D eigenvalue weighted by Gasteiger charge is -2.36. The van der Waals surface area contributed by atoms with E-state index in [9.17, 15) is 0 Å². The second-order valence-corrected chi connectivity index (χ2v) is 6.85. The fourth-order valence-electron chi connectivity index (χ4n) is 3.01. The second kappa shape index (κ2) is 6.17. The van der Waals surface area contributed by atoms with E-state index in [-0.39, 0.29) is 5.41 Å². The van der Waals surface area contributed by atoms with Crippen LogP contribution in [0.3, 0.4) is 0 Å². The molecule has 2 nitrogen and oxygen atoms in total. The molecule has 1 N–H and O–H groups in total. The number of aryl methyl sites for hydroxylation is 1. The summed E-state index contributed by atoms with van der Waals surface area (Å²) in [7, 11) is 0. The average molecular weight is 275 g/mol. The standard InChI is InChI=1S/C18H29NO/c1-6-19-12-18(5,13(2)3)11-16-10-15-9-14(4)7-8-17(15)20-16/h7-9,13,16,19H,6,10-12H2,1-5H3. The molecule has 1 aromatic rings. The Labute approximate surface area is 123 Å². The van der Waals surface area contributed by atoms with Crippen LogP contribution in [0.15, 0.2) is 18.2 Å². The minimum absolute atomic E-state index is 0.289. The molecule has 1 aromatic carbocycles. The maximum atomic E-state index is 6.16. The molecular formula is C18H29NO. The van der Waals surface area contributed by atoms with Gasteiger partial charge >= 0.3 is 0 Å². The summed E-state index contributed by atoms with van der Waals surface area (Å²) < 4.78 is 6.16. The van der Waals surface area contributed by atoms with Crippen molar-refractivity contribution < 1.29 is 4.74 Å². The first kappa shape index (κ1) is 15.4. The van der Waals surface area contributed by atoms with E-state index in [2.05, 4.69) is 58.1 Å². The molecule has 0 radical (unpaired) electrons. The van der Waals surface area contributed by atoms with Crippen LogP contribution in [0.25, 0.3) is 0 Å². The van der Waals surface area contributed by atoms with Crippen molar-refractivity contribution in [2.45, 2.75) is 53.6 Å². The Morgan fingerprint density at radius 3 is 2.80 bits per heavy atom. The minimum atomic E-state index is 0.289. The van der Waals surface area contributed by atoms with Crippen LogP contribution in [0.1, 0.15) is 45.2 Å². The van der Waals surface area contributed by atoms with Crippen LogP contribution in [0.2, 0.25) is 0 Å². The summed E-state index contributed by atoms with van der Waals surface area (Å²) in [4.78, 5) is 0. The molecular weight excluding hydrogens is 246 g/mol. The quantitative estimate of drug-likeness (QED) is 0.848. The van der Waals surface area contributed by atoms with Crippen LogP contribution in [0.4, 0.5) is 0 Å². The fraction of sp³-hybridized carbons (Fsp3) is 0.667. The molecule has 1 heterocycles. The van der Waals surface area contributed by atoms with E-state index in [0.717, 1.165) is 31.7 Å². The van der Waals surface area contributed by atoms with Crippen molar-refractivity contribution in [3.05, 3.63) is 29.3 Å². The van der Waals surface area contributed by atoms with Crippen molar-refractivity contribution >= 4 is 0 Å². The highest BCUT2D eigenvalue weighted by atomic mass is 16.5. The number of rotatable bonds is 6. The molecule has 0 aliphatic carbocycles. The van der Waals surface area contributed by atoms with E-state index in [1.807, 2.05) is 0 Å². The molecule has 2 rings (SSSR count). The largest absolute Gasteiger partial charge is 0.490 e. The van der Waals surface area contributed by atoms with Crippen LogP contribution >= 0.6 is 0 Å². The summed E-state index contributed by atoms with van der Waals surface area (Å²) >= 11 is 0. The predicted molar refractivity (Wildman–Crippen MR) is 85.4 cm³/mol. The van der Waals surface area contributed by atoms with Crippen LogP contribution in [0.5, 0.6) is 5.75 Å². The van der Waals surface area contributed by atoms with E-state index in [1.54, 1.807) is 0 Å². The molecule has 2 atom stereocenters. The number of ether oxygens (including phenoxy) is 1. The Balaban J connectivity index is 2.03. The van der Waals surface area contributed by atoms with Crippen LogP contribution in [-0.4, -0.2) is 19.2 Å². The number of hydrogen-bond donors (Lipinski definition) is 1. The van der Waals surface area contributed by atoms with Gasteiger partial charge in [0.1, 0.15) is 11.9 Å². The molecule has 0 aromatic heterocycles. The molecule has 0 amide bonds. The van der Waals surface area contributed by atoms with Crippen molar-refractivity contribution in [3.63, 3.8) is 0 Å². The van der Waals surface area contributed by atoms with Gasteiger partial charge in [-0.3, -0.25) is 0 Å². The molecule has 2 unspecified atom stereocenters. The van der Waals surface area contributed by atoms with Crippen LogP contribution in [0, 0.1) is 18.3 Å². The highest BCUT2D eigenvalue weighted by Crippen LogP contribution is 2.38. The molecule has 1 aliphatic rings. The van der Waals surface area contributed by atoms with Gasteiger partial charge in [-0.05, 0) is 42.9 Å². The zero-order valence-electron chi connectivity index (χ0n) is 13.6. The minimum Gasteiger partial charge on any atom is -0.490 e. The van der Waals surface area contributed by atoms with Crippen molar-refractivity contribution in [3.8, 4) is 5.75 Å². The van der Waals surface area contributed by atoms with Gasteiger partial charge < -0.3 is 10.1 Å². The number of nitrogens with one attached hydrogen (secondary N) is 1. The lowest BCUT2D eigenvalue weighted by Crippen LogP contribution is -2.39. The molecule has 1 aliphatic heterocycles. The number of hydrogen-bond acceptors (Lipinski definition) is 2. The first-order valence-corrected chi connectivity index (χ1v) is 7.91. The van der Waals surface area contributed by atoms with Gasteiger partial charge in [-0.25, -0.2) is 0 Å². The Hall–Kier alpha value is -1.02. The van der Waals surface area contributed by atoms with E-state index in [1.165, 1.54) is 11.1 Å². The predicted octanol–water partition coefficient (Wildman–Crippen LogP) is 3.96. The zero-order chi connectivity index (χ0) is 14.8. The fourth-order valence-corrected chi connectivity index (χ4v) is 3.01. The van der Waals surface area contributed by atoms with Gasteiger partial charge in [-0.2, -0.15) is 0 Å². The molecule has 112 valence electrons. The first-order valence-electron chi connectivity index (χ1n) is 7.91. The SMILES string of the molecule is CCNCC(C)(CC1Cc2cc(C)ccc2O1)C(C)C. The Kier molecular flexibility index (Phi) is 4.74. The topological polar surface area (TPSA) is 21.3 Å². The molecule has 0 spiro atoms. The van der Waals surface area contributed by atoms with E-state index in [0.29, 0.717) is 12.0 Å². The van der Waals surface area contributed by atoms with E-state index < -0.39 is 0 Å². The third kappa shape index (κ3) is 3.35. The molecule has 2 heteroatoms. The van der Waals surface area contributed by atoms with Gasteiger partial charge in [0.25, 0.3) is 0 Å². The summed E-state index contributed by atoms with van der Waals surface area (Å²) in [6.07, 6.45) is 2.51. The third-order valence-electron chi connectivity index (χ3n) is 4.82. The number of fused-ring (bicyclic) bond motifs is 1.